The van der Waals surface area contributed by atoms with Crippen molar-refractivity contribution in [3.05, 3.63) is 72.3 Å². The number of rotatable bonds is 5. The molecule has 0 atom stereocenters. The van der Waals surface area contributed by atoms with E-state index in [1.54, 1.807) is 0 Å². The smallest absolute Gasteiger partial charge is 0.131 e. The SMILES string of the molecule is CNC/C=C(\Oc1ccccc1)c1ccccc1. The van der Waals surface area contributed by atoms with Crippen LogP contribution in [0.5, 0.6) is 5.75 Å². The average molecular weight is 239 g/mol. The van der Waals surface area contributed by atoms with Gasteiger partial charge >= 0.3 is 0 Å². The van der Waals surface area contributed by atoms with E-state index in [1.165, 1.54) is 0 Å². The van der Waals surface area contributed by atoms with Crippen molar-refractivity contribution in [2.24, 2.45) is 0 Å². The molecule has 0 fully saturated rings. The van der Waals surface area contributed by atoms with Crippen molar-refractivity contribution in [3.8, 4) is 5.75 Å². The predicted octanol–water partition coefficient (Wildman–Crippen LogP) is 3.33. The Bertz CT molecular complexity index is 491. The Morgan fingerprint density at radius 1 is 1.00 bits per heavy atom. The van der Waals surface area contributed by atoms with Crippen molar-refractivity contribution < 1.29 is 4.74 Å². The number of ether oxygens (including phenoxy) is 1. The van der Waals surface area contributed by atoms with Gasteiger partial charge in [0.25, 0.3) is 0 Å². The largest absolute Gasteiger partial charge is 0.457 e. The van der Waals surface area contributed by atoms with Gasteiger partial charge in [-0.15, -0.1) is 0 Å². The van der Waals surface area contributed by atoms with E-state index in [0.29, 0.717) is 0 Å². The quantitative estimate of drug-likeness (QED) is 0.808. The lowest BCUT2D eigenvalue weighted by Crippen LogP contribution is -2.07. The van der Waals surface area contributed by atoms with Crippen LogP contribution < -0.4 is 10.1 Å². The van der Waals surface area contributed by atoms with Crippen LogP contribution in [0.1, 0.15) is 5.56 Å². The molecule has 18 heavy (non-hydrogen) atoms. The highest BCUT2D eigenvalue weighted by Crippen LogP contribution is 2.20. The molecule has 0 unspecified atom stereocenters. The van der Waals surface area contributed by atoms with Gasteiger partial charge in [0.1, 0.15) is 11.5 Å². The van der Waals surface area contributed by atoms with E-state index in [4.69, 9.17) is 4.74 Å². The summed E-state index contributed by atoms with van der Waals surface area (Å²) in [4.78, 5) is 0. The summed E-state index contributed by atoms with van der Waals surface area (Å²) in [6.07, 6.45) is 2.04. The van der Waals surface area contributed by atoms with Gasteiger partial charge in [-0.1, -0.05) is 48.5 Å². The molecule has 0 heterocycles. The zero-order valence-electron chi connectivity index (χ0n) is 10.5. The van der Waals surface area contributed by atoms with Crippen LogP contribution in [0, 0.1) is 0 Å². The van der Waals surface area contributed by atoms with Crippen LogP contribution in [0.25, 0.3) is 5.76 Å². The van der Waals surface area contributed by atoms with E-state index >= 15 is 0 Å². The molecule has 0 saturated heterocycles. The van der Waals surface area contributed by atoms with Gasteiger partial charge in [-0.2, -0.15) is 0 Å². The molecule has 0 saturated carbocycles. The number of hydrogen-bond donors (Lipinski definition) is 1. The maximum absolute atomic E-state index is 5.92. The third-order valence-corrected chi connectivity index (χ3v) is 2.52. The lowest BCUT2D eigenvalue weighted by molar-refractivity contribution is 0.513. The van der Waals surface area contributed by atoms with Crippen LogP contribution in [-0.2, 0) is 0 Å². The lowest BCUT2D eigenvalue weighted by Gasteiger charge is -2.10. The highest BCUT2D eigenvalue weighted by atomic mass is 16.5. The van der Waals surface area contributed by atoms with E-state index in [1.807, 2.05) is 73.8 Å². The summed E-state index contributed by atoms with van der Waals surface area (Å²) in [5.41, 5.74) is 1.08. The summed E-state index contributed by atoms with van der Waals surface area (Å²) < 4.78 is 5.92. The van der Waals surface area contributed by atoms with Gasteiger partial charge in [-0.3, -0.25) is 0 Å². The summed E-state index contributed by atoms with van der Waals surface area (Å²) in [6, 6.07) is 19.9. The number of likely N-dealkylation sites (N-methyl/N-ethyl adjacent to an activating group) is 1. The summed E-state index contributed by atoms with van der Waals surface area (Å²) in [6.45, 7) is 0.775. The fraction of sp³-hybridized carbons (Fsp3) is 0.125. The molecule has 2 rings (SSSR count). The Labute approximate surface area is 108 Å². The molecular weight excluding hydrogens is 222 g/mol. The molecule has 0 aliphatic heterocycles. The average Bonchev–Trinajstić information content (AvgIpc) is 2.45. The first-order chi connectivity index (χ1) is 8.90. The first-order valence-corrected chi connectivity index (χ1v) is 6.03. The zero-order chi connectivity index (χ0) is 12.6. The summed E-state index contributed by atoms with van der Waals surface area (Å²) in [5, 5.41) is 3.10. The first-order valence-electron chi connectivity index (χ1n) is 6.03. The van der Waals surface area contributed by atoms with E-state index in [2.05, 4.69) is 5.32 Å². The maximum atomic E-state index is 5.92. The topological polar surface area (TPSA) is 21.3 Å². The number of para-hydroxylation sites is 1. The predicted molar refractivity (Wildman–Crippen MR) is 75.4 cm³/mol. The van der Waals surface area contributed by atoms with E-state index in [9.17, 15) is 0 Å². The molecule has 0 bridgehead atoms. The minimum absolute atomic E-state index is 0.775. The van der Waals surface area contributed by atoms with Gasteiger partial charge in [0, 0.05) is 12.1 Å². The molecule has 0 aliphatic carbocycles. The van der Waals surface area contributed by atoms with Gasteiger partial charge in [0.2, 0.25) is 0 Å². The van der Waals surface area contributed by atoms with Crippen LogP contribution in [0.4, 0.5) is 0 Å². The van der Waals surface area contributed by atoms with Crippen molar-refractivity contribution in [1.82, 2.24) is 5.32 Å². The van der Waals surface area contributed by atoms with Crippen molar-refractivity contribution in [1.29, 1.82) is 0 Å². The fourth-order valence-corrected chi connectivity index (χ4v) is 1.63. The number of hydrogen-bond acceptors (Lipinski definition) is 2. The van der Waals surface area contributed by atoms with E-state index < -0.39 is 0 Å². The second-order valence-electron chi connectivity index (χ2n) is 3.91. The highest BCUT2D eigenvalue weighted by Gasteiger charge is 2.03. The Morgan fingerprint density at radius 2 is 1.61 bits per heavy atom. The second kappa shape index (κ2) is 6.62. The monoisotopic (exact) mass is 239 g/mol. The van der Waals surface area contributed by atoms with Crippen LogP contribution in [0.2, 0.25) is 0 Å². The summed E-state index contributed by atoms with van der Waals surface area (Å²) >= 11 is 0. The van der Waals surface area contributed by atoms with Gasteiger partial charge in [0.05, 0.1) is 0 Å². The molecule has 92 valence electrons. The second-order valence-corrected chi connectivity index (χ2v) is 3.91. The summed E-state index contributed by atoms with van der Waals surface area (Å²) in [7, 11) is 1.92. The minimum atomic E-state index is 0.775. The lowest BCUT2D eigenvalue weighted by atomic mass is 10.2. The Morgan fingerprint density at radius 3 is 2.22 bits per heavy atom. The van der Waals surface area contributed by atoms with Crippen LogP contribution in [-0.4, -0.2) is 13.6 Å². The van der Waals surface area contributed by atoms with Gasteiger partial charge < -0.3 is 10.1 Å². The van der Waals surface area contributed by atoms with Gasteiger partial charge in [-0.05, 0) is 25.3 Å². The molecule has 0 amide bonds. The molecule has 0 aliphatic rings. The van der Waals surface area contributed by atoms with Crippen LogP contribution in [0.3, 0.4) is 0 Å². The van der Waals surface area contributed by atoms with Crippen molar-refractivity contribution in [2.75, 3.05) is 13.6 Å². The van der Waals surface area contributed by atoms with Gasteiger partial charge in [-0.25, -0.2) is 0 Å². The van der Waals surface area contributed by atoms with E-state index in [0.717, 1.165) is 23.6 Å². The molecule has 1 N–H and O–H groups in total. The van der Waals surface area contributed by atoms with Gasteiger partial charge in [0.15, 0.2) is 0 Å². The number of nitrogens with one attached hydrogen (secondary N) is 1. The van der Waals surface area contributed by atoms with Crippen LogP contribution >= 0.6 is 0 Å². The zero-order valence-corrected chi connectivity index (χ0v) is 10.5. The third kappa shape index (κ3) is 3.47. The van der Waals surface area contributed by atoms with Crippen LogP contribution in [0.15, 0.2) is 66.7 Å². The number of benzene rings is 2. The standard InChI is InChI=1S/C16H17NO/c1-17-13-12-16(14-8-4-2-5-9-14)18-15-10-6-3-7-11-15/h2-12,17H,13H2,1H3/b16-12-. The van der Waals surface area contributed by atoms with Crippen molar-refractivity contribution in [2.45, 2.75) is 0 Å². The first kappa shape index (κ1) is 12.4. The normalized spacial score (nSPS) is 11.3. The molecule has 2 heteroatoms. The molecule has 2 nitrogen and oxygen atoms in total. The fourth-order valence-electron chi connectivity index (χ4n) is 1.63. The van der Waals surface area contributed by atoms with Crippen molar-refractivity contribution >= 4 is 5.76 Å². The van der Waals surface area contributed by atoms with Crippen molar-refractivity contribution in [3.63, 3.8) is 0 Å². The van der Waals surface area contributed by atoms with E-state index in [-0.39, 0.29) is 0 Å². The molecule has 0 spiro atoms. The molecule has 0 radical (unpaired) electrons. The minimum Gasteiger partial charge on any atom is -0.457 e. The molecule has 2 aromatic carbocycles. The molecule has 0 aromatic heterocycles. The summed E-state index contributed by atoms with van der Waals surface area (Å²) in [5.74, 6) is 1.72. The Kier molecular flexibility index (Phi) is 4.56. The Balaban J connectivity index is 2.22. The maximum Gasteiger partial charge on any atom is 0.131 e. The molecule has 2 aromatic rings. The third-order valence-electron chi connectivity index (χ3n) is 2.52. The Hall–Kier alpha value is -2.06. The molecular formula is C16H17NO. The highest BCUT2D eigenvalue weighted by molar-refractivity contribution is 5.62.